The molecule has 6 heteroatoms. The average Bonchev–Trinajstić information content (AvgIpc) is 2.09. The molecular formula is C8H7BrF3NO. The molecule has 78 valence electrons. The number of hydrogen-bond acceptors (Lipinski definition) is 2. The van der Waals surface area contributed by atoms with Gasteiger partial charge in [0.2, 0.25) is 0 Å². The Kier molecular flexibility index (Phi) is 3.62. The number of hydrogen-bond donors (Lipinski definition) is 1. The number of alkyl halides is 2. The highest BCUT2D eigenvalue weighted by molar-refractivity contribution is 9.10. The van der Waals surface area contributed by atoms with Crippen molar-refractivity contribution in [2.24, 2.45) is 0 Å². The zero-order valence-corrected chi connectivity index (χ0v) is 8.52. The molecule has 0 bridgehead atoms. The van der Waals surface area contributed by atoms with Crippen molar-refractivity contribution in [1.29, 1.82) is 0 Å². The van der Waals surface area contributed by atoms with Gasteiger partial charge in [0, 0.05) is 6.07 Å². The minimum absolute atomic E-state index is 0.00801. The van der Waals surface area contributed by atoms with Crippen LogP contribution in [-0.2, 0) is 0 Å². The third-order valence-electron chi connectivity index (χ3n) is 1.42. The molecule has 0 unspecified atom stereocenters. The molecule has 0 atom stereocenters. The van der Waals surface area contributed by atoms with Gasteiger partial charge < -0.3 is 10.5 Å². The first-order valence-electron chi connectivity index (χ1n) is 3.66. The van der Waals surface area contributed by atoms with Gasteiger partial charge in [0.05, 0.1) is 10.2 Å². The summed E-state index contributed by atoms with van der Waals surface area (Å²) in [6.45, 7) is -0.762. The summed E-state index contributed by atoms with van der Waals surface area (Å²) in [7, 11) is 0. The molecule has 2 N–H and O–H groups in total. The Morgan fingerprint density at radius 2 is 2.07 bits per heavy atom. The van der Waals surface area contributed by atoms with Crippen LogP contribution in [0.4, 0.5) is 18.9 Å². The molecule has 14 heavy (non-hydrogen) atoms. The van der Waals surface area contributed by atoms with Crippen LogP contribution < -0.4 is 10.5 Å². The van der Waals surface area contributed by atoms with Crippen molar-refractivity contribution < 1.29 is 17.9 Å². The van der Waals surface area contributed by atoms with Crippen molar-refractivity contribution in [3.05, 3.63) is 22.4 Å². The number of anilines is 1. The SMILES string of the molecule is Nc1cc(F)c(Br)cc1OCC(F)F. The Balaban J connectivity index is 2.82. The predicted octanol–water partition coefficient (Wildman–Crippen LogP) is 2.81. The second-order valence-corrected chi connectivity index (χ2v) is 3.36. The van der Waals surface area contributed by atoms with E-state index in [-0.39, 0.29) is 15.9 Å². The molecule has 0 saturated carbocycles. The summed E-state index contributed by atoms with van der Waals surface area (Å²) in [5, 5.41) is 0. The van der Waals surface area contributed by atoms with Crippen LogP contribution in [0, 0.1) is 5.82 Å². The van der Waals surface area contributed by atoms with E-state index in [4.69, 9.17) is 5.73 Å². The Labute approximate surface area is 87.0 Å². The number of nitrogen functional groups attached to an aromatic ring is 1. The van der Waals surface area contributed by atoms with Crippen LogP contribution >= 0.6 is 15.9 Å². The van der Waals surface area contributed by atoms with Crippen LogP contribution in [-0.4, -0.2) is 13.0 Å². The summed E-state index contributed by atoms with van der Waals surface area (Å²) >= 11 is 2.89. The highest BCUT2D eigenvalue weighted by Gasteiger charge is 2.09. The predicted molar refractivity (Wildman–Crippen MR) is 50.0 cm³/mol. The van der Waals surface area contributed by atoms with E-state index in [1.807, 2.05) is 0 Å². The maximum Gasteiger partial charge on any atom is 0.272 e. The molecule has 0 radical (unpaired) electrons. The van der Waals surface area contributed by atoms with Crippen LogP contribution in [0.1, 0.15) is 0 Å². The second kappa shape index (κ2) is 4.54. The van der Waals surface area contributed by atoms with Gasteiger partial charge in [0.1, 0.15) is 18.2 Å². The van der Waals surface area contributed by atoms with E-state index in [1.165, 1.54) is 6.07 Å². The maximum absolute atomic E-state index is 12.8. The van der Waals surface area contributed by atoms with E-state index in [1.54, 1.807) is 0 Å². The van der Waals surface area contributed by atoms with Gasteiger partial charge in [0.25, 0.3) is 6.43 Å². The molecular weight excluding hydrogens is 263 g/mol. The van der Waals surface area contributed by atoms with Gasteiger partial charge in [-0.3, -0.25) is 0 Å². The van der Waals surface area contributed by atoms with E-state index in [0.717, 1.165) is 6.07 Å². The van der Waals surface area contributed by atoms with Gasteiger partial charge in [-0.15, -0.1) is 0 Å². The van der Waals surface area contributed by atoms with E-state index < -0.39 is 18.8 Å². The fourth-order valence-corrected chi connectivity index (χ4v) is 1.14. The standard InChI is InChI=1S/C8H7BrF3NO/c9-4-1-7(14-3-8(11)12)6(13)2-5(4)10/h1-2,8H,3,13H2. The first-order chi connectivity index (χ1) is 6.50. The Bertz CT molecular complexity index is 333. The van der Waals surface area contributed by atoms with Gasteiger partial charge in [0.15, 0.2) is 0 Å². The number of halogens is 4. The van der Waals surface area contributed by atoms with Crippen LogP contribution in [0.15, 0.2) is 16.6 Å². The molecule has 1 aromatic rings. The van der Waals surface area contributed by atoms with E-state index in [0.29, 0.717) is 0 Å². The summed E-state index contributed by atoms with van der Waals surface area (Å²) in [5.74, 6) is -0.523. The molecule has 0 aromatic heterocycles. The van der Waals surface area contributed by atoms with E-state index in [9.17, 15) is 13.2 Å². The zero-order valence-electron chi connectivity index (χ0n) is 6.94. The largest absolute Gasteiger partial charge is 0.485 e. The molecule has 0 heterocycles. The maximum atomic E-state index is 12.8. The van der Waals surface area contributed by atoms with Crippen LogP contribution in [0.25, 0.3) is 0 Å². The van der Waals surface area contributed by atoms with Gasteiger partial charge in [-0.25, -0.2) is 13.2 Å². The monoisotopic (exact) mass is 269 g/mol. The lowest BCUT2D eigenvalue weighted by molar-refractivity contribution is 0.0822. The number of ether oxygens (including phenoxy) is 1. The lowest BCUT2D eigenvalue weighted by Crippen LogP contribution is -2.08. The number of rotatable bonds is 3. The third kappa shape index (κ3) is 2.80. The van der Waals surface area contributed by atoms with Crippen molar-refractivity contribution in [3.8, 4) is 5.75 Å². The van der Waals surface area contributed by atoms with Crippen molar-refractivity contribution in [3.63, 3.8) is 0 Å². The molecule has 0 amide bonds. The Hall–Kier alpha value is -0.910. The fourth-order valence-electron chi connectivity index (χ4n) is 0.822. The first kappa shape index (κ1) is 11.2. The smallest absolute Gasteiger partial charge is 0.272 e. The molecule has 0 fully saturated rings. The third-order valence-corrected chi connectivity index (χ3v) is 2.03. The first-order valence-corrected chi connectivity index (χ1v) is 4.45. The van der Waals surface area contributed by atoms with Crippen LogP contribution in [0.3, 0.4) is 0 Å². The minimum Gasteiger partial charge on any atom is -0.485 e. The molecule has 0 aliphatic carbocycles. The number of nitrogens with two attached hydrogens (primary N) is 1. The Morgan fingerprint density at radius 1 is 1.43 bits per heavy atom. The van der Waals surface area contributed by atoms with Gasteiger partial charge in [-0.2, -0.15) is 0 Å². The topological polar surface area (TPSA) is 35.2 Å². The van der Waals surface area contributed by atoms with Crippen molar-refractivity contribution in [1.82, 2.24) is 0 Å². The molecule has 0 aliphatic rings. The summed E-state index contributed by atoms with van der Waals surface area (Å²) in [6.07, 6.45) is -2.58. The second-order valence-electron chi connectivity index (χ2n) is 2.51. The lowest BCUT2D eigenvalue weighted by atomic mass is 10.3. The highest BCUT2D eigenvalue weighted by atomic mass is 79.9. The van der Waals surface area contributed by atoms with E-state index >= 15 is 0 Å². The fraction of sp³-hybridized carbons (Fsp3) is 0.250. The van der Waals surface area contributed by atoms with E-state index in [2.05, 4.69) is 20.7 Å². The van der Waals surface area contributed by atoms with Crippen LogP contribution in [0.5, 0.6) is 5.75 Å². The molecule has 0 aliphatic heterocycles. The van der Waals surface area contributed by atoms with Gasteiger partial charge in [-0.1, -0.05) is 0 Å². The quantitative estimate of drug-likeness (QED) is 0.857. The summed E-state index contributed by atoms with van der Waals surface area (Å²) in [5.41, 5.74) is 5.34. The van der Waals surface area contributed by atoms with Crippen molar-refractivity contribution in [2.45, 2.75) is 6.43 Å². The highest BCUT2D eigenvalue weighted by Crippen LogP contribution is 2.28. The molecule has 1 aromatic carbocycles. The lowest BCUT2D eigenvalue weighted by Gasteiger charge is -2.08. The van der Waals surface area contributed by atoms with Crippen LogP contribution in [0.2, 0.25) is 0 Å². The number of benzene rings is 1. The molecule has 2 nitrogen and oxygen atoms in total. The zero-order chi connectivity index (χ0) is 10.7. The minimum atomic E-state index is -2.58. The van der Waals surface area contributed by atoms with Gasteiger partial charge >= 0.3 is 0 Å². The molecule has 1 rings (SSSR count). The van der Waals surface area contributed by atoms with Gasteiger partial charge in [-0.05, 0) is 22.0 Å². The molecule has 0 saturated heterocycles. The summed E-state index contributed by atoms with van der Waals surface area (Å²) < 4.78 is 41.2. The Morgan fingerprint density at radius 3 is 2.64 bits per heavy atom. The van der Waals surface area contributed by atoms with Crippen molar-refractivity contribution >= 4 is 21.6 Å². The normalized spacial score (nSPS) is 10.6. The summed E-state index contributed by atoms with van der Waals surface area (Å²) in [6, 6.07) is 2.22. The average molecular weight is 270 g/mol. The van der Waals surface area contributed by atoms with Crippen molar-refractivity contribution in [2.75, 3.05) is 12.3 Å². The summed E-state index contributed by atoms with van der Waals surface area (Å²) in [4.78, 5) is 0. The molecule has 0 spiro atoms.